The third-order valence-electron chi connectivity index (χ3n) is 6.25. The lowest BCUT2D eigenvalue weighted by Crippen LogP contribution is -2.26. The van der Waals surface area contributed by atoms with Gasteiger partial charge in [0.15, 0.2) is 22.8 Å². The van der Waals surface area contributed by atoms with Gasteiger partial charge in [-0.3, -0.25) is 0 Å². The largest absolute Gasteiger partial charge is 0.192 e. The number of nitrogens with zero attached hydrogens (tertiary/aromatic N) is 12. The molecule has 0 radical (unpaired) electrons. The molecule has 0 bridgehead atoms. The highest BCUT2D eigenvalue weighted by atomic mass is 15.2. The minimum absolute atomic E-state index is 0.00788. The van der Waals surface area contributed by atoms with Crippen molar-refractivity contribution in [1.29, 1.82) is 42.1 Å². The van der Waals surface area contributed by atoms with Crippen molar-refractivity contribution >= 4 is 55.5 Å². The Morgan fingerprint density at radius 3 is 0.750 bits per heavy atom. The zero-order valence-corrected chi connectivity index (χ0v) is 19.7. The highest BCUT2D eigenvalue weighted by Crippen LogP contribution is 2.26. The minimum Gasteiger partial charge on any atom is -0.192 e. The summed E-state index contributed by atoms with van der Waals surface area (Å²) in [5.41, 5.74) is -1.02. The van der Waals surface area contributed by atoms with Gasteiger partial charge in [-0.2, -0.15) is 42.1 Å². The first-order valence-corrected chi connectivity index (χ1v) is 10.9. The quantitative estimate of drug-likeness (QED) is 0.402. The zero-order valence-electron chi connectivity index (χ0n) is 19.7. The lowest BCUT2D eigenvalue weighted by atomic mass is 9.86. The first kappa shape index (κ1) is 24.2. The Morgan fingerprint density at radius 2 is 0.575 bits per heavy atom. The maximum atomic E-state index is 9.80. The lowest BCUT2D eigenvalue weighted by Gasteiger charge is -2.13. The van der Waals surface area contributed by atoms with Crippen molar-refractivity contribution in [2.75, 3.05) is 0 Å². The van der Waals surface area contributed by atoms with Crippen LogP contribution in [0.1, 0.15) is 22.3 Å². The lowest BCUT2D eigenvalue weighted by molar-refractivity contribution is 1.27. The van der Waals surface area contributed by atoms with Gasteiger partial charge < -0.3 is 0 Å². The molecule has 3 aromatic rings. The maximum Gasteiger partial charge on any atom is 0.173 e. The van der Waals surface area contributed by atoms with Gasteiger partial charge >= 0.3 is 0 Å². The normalized spacial score (nSPS) is 13.3. The second-order valence-electron chi connectivity index (χ2n) is 8.08. The first-order valence-electron chi connectivity index (χ1n) is 10.9. The Bertz CT molecular complexity index is 2060. The van der Waals surface area contributed by atoms with Gasteiger partial charge in [-0.05, 0) is 45.8 Å². The molecule has 0 aliphatic carbocycles. The molecule has 176 valence electrons. The van der Waals surface area contributed by atoms with Crippen molar-refractivity contribution in [1.82, 2.24) is 0 Å². The molecule has 0 N–H and O–H groups in total. The summed E-state index contributed by atoms with van der Waals surface area (Å²) in [4.78, 5) is 0. The maximum absolute atomic E-state index is 9.80. The van der Waals surface area contributed by atoms with E-state index in [1.54, 1.807) is 0 Å². The van der Waals surface area contributed by atoms with Crippen LogP contribution in [0.5, 0.6) is 0 Å². The van der Waals surface area contributed by atoms with Crippen LogP contribution in [0.25, 0.3) is 32.7 Å². The fourth-order valence-corrected chi connectivity index (χ4v) is 4.64. The molecule has 2 aliphatic rings. The molecule has 0 unspecified atom stereocenters. The molecule has 0 saturated carbocycles. The third kappa shape index (κ3) is 3.25. The molecule has 12 nitrogen and oxygen atoms in total. The van der Waals surface area contributed by atoms with Crippen LogP contribution in [0.15, 0.2) is 44.7 Å². The summed E-state index contributed by atoms with van der Waals surface area (Å²) < 4.78 is 0. The number of rotatable bonds is 0. The molecule has 2 aliphatic heterocycles. The Morgan fingerprint density at radius 1 is 0.350 bits per heavy atom. The molecule has 40 heavy (non-hydrogen) atoms. The van der Waals surface area contributed by atoms with E-state index in [9.17, 15) is 42.1 Å². The van der Waals surface area contributed by atoms with Gasteiger partial charge in [-0.15, -0.1) is 20.4 Å². The molecule has 3 aromatic carbocycles. The number of hydrogen-bond donors (Lipinski definition) is 0. The van der Waals surface area contributed by atoms with Crippen LogP contribution in [-0.4, -0.2) is 22.8 Å². The Kier molecular flexibility index (Phi) is 5.57. The van der Waals surface area contributed by atoms with E-state index in [0.29, 0.717) is 0 Å². The molecule has 5 rings (SSSR count). The average Bonchev–Trinajstić information content (AvgIpc) is 3.61. The van der Waals surface area contributed by atoms with E-state index >= 15 is 0 Å². The molecule has 0 aromatic heterocycles. The van der Waals surface area contributed by atoms with Crippen LogP contribution >= 0.6 is 0 Å². The summed E-state index contributed by atoms with van der Waals surface area (Å²) in [5.74, 6) is 0. The number of nitriles is 8. The van der Waals surface area contributed by atoms with E-state index in [1.807, 2.05) is 48.6 Å². The summed E-state index contributed by atoms with van der Waals surface area (Å²) >= 11 is 0. The van der Waals surface area contributed by atoms with Crippen LogP contribution in [0.2, 0.25) is 0 Å². The smallest absolute Gasteiger partial charge is 0.173 e. The molecule has 0 spiro atoms. The first-order chi connectivity index (χ1) is 19.5. The van der Waals surface area contributed by atoms with E-state index in [1.165, 1.54) is 24.3 Å². The van der Waals surface area contributed by atoms with Gasteiger partial charge in [0.1, 0.15) is 48.6 Å². The molecular formula is C28H4N12. The Labute approximate surface area is 223 Å². The summed E-state index contributed by atoms with van der Waals surface area (Å²) in [6.07, 6.45) is 0. The topological polar surface area (TPSA) is 240 Å². The predicted octanol–water partition coefficient (Wildman–Crippen LogP) is 1.50. The molecule has 0 amide bonds. The molecule has 12 heteroatoms. The summed E-state index contributed by atoms with van der Waals surface area (Å²) in [5, 5.41) is 94.8. The fourth-order valence-electron chi connectivity index (χ4n) is 4.64. The van der Waals surface area contributed by atoms with Crippen LogP contribution in [0, 0.1) is 90.6 Å². The van der Waals surface area contributed by atoms with E-state index < -0.39 is 0 Å². The van der Waals surface area contributed by atoms with Crippen molar-refractivity contribution in [2.24, 2.45) is 20.4 Å². The van der Waals surface area contributed by atoms with Crippen LogP contribution < -0.4 is 10.4 Å². The van der Waals surface area contributed by atoms with Crippen LogP contribution in [0.3, 0.4) is 0 Å². The SMILES string of the molecule is N#CC1=NN=C(C#N)C1=c1c2cc(C#N)c(C#N)cc2c(=C2C(C#N)=NN=C2C#N)c2cc(C#N)c(C#N)cc12. The number of fused-ring (bicyclic) bond motifs is 2. The Hall–Kier alpha value is -7.48. The van der Waals surface area contributed by atoms with E-state index in [4.69, 9.17) is 0 Å². The third-order valence-corrected chi connectivity index (χ3v) is 6.25. The van der Waals surface area contributed by atoms with E-state index in [-0.39, 0.29) is 88.2 Å². The van der Waals surface area contributed by atoms with Crippen molar-refractivity contribution in [2.45, 2.75) is 0 Å². The van der Waals surface area contributed by atoms with Gasteiger partial charge in [0.25, 0.3) is 0 Å². The monoisotopic (exact) mass is 508 g/mol. The van der Waals surface area contributed by atoms with Gasteiger partial charge in [0.2, 0.25) is 0 Å². The van der Waals surface area contributed by atoms with E-state index in [0.717, 1.165) is 0 Å². The molecule has 2 heterocycles. The molecular weight excluding hydrogens is 504 g/mol. The zero-order chi connectivity index (χ0) is 28.6. The minimum atomic E-state index is -0.218. The Balaban J connectivity index is 2.34. The second-order valence-corrected chi connectivity index (χ2v) is 8.08. The number of benzene rings is 3. The molecule has 0 atom stereocenters. The van der Waals surface area contributed by atoms with Gasteiger partial charge in [0.05, 0.1) is 33.4 Å². The molecule has 0 saturated heterocycles. The summed E-state index contributed by atoms with van der Waals surface area (Å²) in [6.45, 7) is 0. The van der Waals surface area contributed by atoms with Gasteiger partial charge in [-0.25, -0.2) is 0 Å². The van der Waals surface area contributed by atoms with Crippen molar-refractivity contribution < 1.29 is 0 Å². The highest BCUT2D eigenvalue weighted by molar-refractivity contribution is 6.56. The van der Waals surface area contributed by atoms with Crippen molar-refractivity contribution in [3.8, 4) is 48.6 Å². The predicted molar refractivity (Wildman–Crippen MR) is 139 cm³/mol. The summed E-state index contributed by atoms with van der Waals surface area (Å²) in [7, 11) is 0. The number of hydrogen-bond acceptors (Lipinski definition) is 12. The van der Waals surface area contributed by atoms with E-state index in [2.05, 4.69) is 20.4 Å². The molecule has 0 fully saturated rings. The average molecular weight is 508 g/mol. The van der Waals surface area contributed by atoms with Gasteiger partial charge in [-0.1, -0.05) is 0 Å². The highest BCUT2D eigenvalue weighted by Gasteiger charge is 2.28. The van der Waals surface area contributed by atoms with Crippen LogP contribution in [-0.2, 0) is 0 Å². The van der Waals surface area contributed by atoms with Gasteiger partial charge in [0, 0.05) is 10.4 Å². The van der Waals surface area contributed by atoms with Crippen molar-refractivity contribution in [3.63, 3.8) is 0 Å². The second kappa shape index (κ2) is 9.19. The fraction of sp³-hybridized carbons (Fsp3) is 0. The van der Waals surface area contributed by atoms with Crippen LogP contribution in [0.4, 0.5) is 0 Å². The van der Waals surface area contributed by atoms with Crippen molar-refractivity contribution in [3.05, 3.63) is 57.0 Å². The standard InChI is InChI=1S/C28H4N12/c29-5-13-1-17-18(2-14(13)6-30)26(28-23(11-35)39-40-24(28)12-36)20-4-16(8-32)15(7-31)3-19(20)25(17)27-21(9-33)37-38-22(27)10-34/h1-4H. The summed E-state index contributed by atoms with van der Waals surface area (Å²) in [6, 6.07) is 20.8.